The second-order valence-corrected chi connectivity index (χ2v) is 29.9. The van der Waals surface area contributed by atoms with E-state index in [1.54, 1.807) is 0 Å². The summed E-state index contributed by atoms with van der Waals surface area (Å²) in [5.41, 5.74) is 15.5. The van der Waals surface area contributed by atoms with E-state index in [4.69, 9.17) is 19.9 Å². The molecule has 0 N–H and O–H groups in total. The Labute approximate surface area is 479 Å². The van der Waals surface area contributed by atoms with Gasteiger partial charge in [-0.3, -0.25) is 9.13 Å². The summed E-state index contributed by atoms with van der Waals surface area (Å²) >= 11 is 0. The zero-order valence-electron chi connectivity index (χ0n) is 45.4. The van der Waals surface area contributed by atoms with Crippen LogP contribution in [0.25, 0.3) is 101 Å². The second kappa shape index (κ2) is 19.9. The van der Waals surface area contributed by atoms with Crippen LogP contribution < -0.4 is 31.1 Å². The molecule has 0 spiro atoms. The van der Waals surface area contributed by atoms with E-state index in [2.05, 4.69) is 289 Å². The van der Waals surface area contributed by atoms with E-state index in [1.165, 1.54) is 64.1 Å². The molecule has 4 aromatic heterocycles. The van der Waals surface area contributed by atoms with Crippen LogP contribution in [0.1, 0.15) is 0 Å². The summed E-state index contributed by atoms with van der Waals surface area (Å²) in [6, 6.07) is 99.8. The van der Waals surface area contributed by atoms with Gasteiger partial charge in [-0.05, 0) is 95.2 Å². The molecule has 8 heteroatoms. The van der Waals surface area contributed by atoms with Crippen molar-refractivity contribution in [3.05, 3.63) is 291 Å². The van der Waals surface area contributed by atoms with Gasteiger partial charge in [0.05, 0.1) is 33.8 Å². The highest BCUT2D eigenvalue weighted by molar-refractivity contribution is 7.22. The summed E-state index contributed by atoms with van der Waals surface area (Å²) in [5, 5.41) is 11.1. The first kappa shape index (κ1) is 49.0. The summed E-state index contributed by atoms with van der Waals surface area (Å²) < 4.78 is 4.30. The van der Waals surface area contributed by atoms with Crippen LogP contribution in [0.4, 0.5) is 0 Å². The van der Waals surface area contributed by atoms with Gasteiger partial charge in [-0.15, -0.1) is 0 Å². The van der Waals surface area contributed by atoms with Crippen LogP contribution in [0.5, 0.6) is 0 Å². The van der Waals surface area contributed by atoms with Crippen molar-refractivity contribution >= 4 is 69.1 Å². The number of aromatic nitrogens is 6. The SMILES string of the molecule is C[Si]1(C)c2ccccc2-c2cc3c(ccn3-c3nc(-c4ccccc4)cc(-c4ccccc4)n3)cc21.c1ccc(-c2cc(-c3ccccc3)nc(-n3ccc4cc5c(cc43)-c3ccccc3[Si]5(c3ccccc3)c3ccccc3)n2)cc1. The van der Waals surface area contributed by atoms with E-state index in [0.29, 0.717) is 11.9 Å². The van der Waals surface area contributed by atoms with Gasteiger partial charge in [0.1, 0.15) is 8.07 Å². The normalized spacial score (nSPS) is 13.2. The van der Waals surface area contributed by atoms with Crippen LogP contribution in [0, 0.1) is 0 Å². The third kappa shape index (κ3) is 8.13. The van der Waals surface area contributed by atoms with E-state index in [0.717, 1.165) is 56.1 Å². The largest absolute Gasteiger partial charge is 0.285 e. The summed E-state index contributed by atoms with van der Waals surface area (Å²) in [5.74, 6) is 1.35. The zero-order chi connectivity index (χ0) is 54.8. The summed E-state index contributed by atoms with van der Waals surface area (Å²) in [7, 11) is -4.28. The molecule has 6 nitrogen and oxygen atoms in total. The average molecular weight is 1080 g/mol. The van der Waals surface area contributed by atoms with Crippen molar-refractivity contribution in [2.24, 2.45) is 0 Å². The molecule has 0 amide bonds. The molecule has 16 rings (SSSR count). The van der Waals surface area contributed by atoms with Gasteiger partial charge in [0.25, 0.3) is 0 Å². The van der Waals surface area contributed by atoms with E-state index in [1.807, 2.05) is 24.3 Å². The van der Waals surface area contributed by atoms with Crippen molar-refractivity contribution < 1.29 is 0 Å². The lowest BCUT2D eigenvalue weighted by Gasteiger charge is -2.31. The van der Waals surface area contributed by atoms with E-state index < -0.39 is 16.1 Å². The molecule has 0 saturated heterocycles. The van der Waals surface area contributed by atoms with Crippen LogP contribution in [-0.2, 0) is 0 Å². The number of fused-ring (bicyclic) bond motifs is 8. The lowest BCUT2D eigenvalue weighted by atomic mass is 10.0. The first-order valence-corrected chi connectivity index (χ1v) is 33.0. The summed E-state index contributed by atoms with van der Waals surface area (Å²) in [6.07, 6.45) is 4.23. The quantitative estimate of drug-likeness (QED) is 0.142. The average Bonchev–Trinajstić information content (AvgIpc) is 4.50. The Morgan fingerprint density at radius 2 is 0.610 bits per heavy atom. The minimum Gasteiger partial charge on any atom is -0.285 e. The van der Waals surface area contributed by atoms with E-state index >= 15 is 0 Å². The zero-order valence-corrected chi connectivity index (χ0v) is 47.4. The molecule has 0 radical (unpaired) electrons. The molecule has 0 unspecified atom stereocenters. The predicted octanol–water partition coefficient (Wildman–Crippen LogP) is 13.7. The molecule has 0 fully saturated rings. The maximum Gasteiger partial charge on any atom is 0.235 e. The lowest BCUT2D eigenvalue weighted by molar-refractivity contribution is 0.968. The van der Waals surface area contributed by atoms with Gasteiger partial charge in [0.15, 0.2) is 8.07 Å². The van der Waals surface area contributed by atoms with Gasteiger partial charge in [-0.1, -0.05) is 256 Å². The number of nitrogens with zero attached hydrogens (tertiary/aromatic N) is 6. The highest BCUT2D eigenvalue weighted by Crippen LogP contribution is 2.36. The smallest absolute Gasteiger partial charge is 0.235 e. The number of hydrogen-bond donors (Lipinski definition) is 0. The first-order valence-electron chi connectivity index (χ1n) is 28.0. The fourth-order valence-electron chi connectivity index (χ4n) is 12.9. The van der Waals surface area contributed by atoms with Crippen molar-refractivity contribution in [3.63, 3.8) is 0 Å². The first-order chi connectivity index (χ1) is 40.4. The molecule has 10 aromatic carbocycles. The Bertz CT molecular complexity index is 4540. The molecule has 14 aromatic rings. The predicted molar refractivity (Wildman–Crippen MR) is 344 cm³/mol. The number of benzene rings is 10. The van der Waals surface area contributed by atoms with Crippen molar-refractivity contribution in [1.82, 2.24) is 29.1 Å². The van der Waals surface area contributed by atoms with Crippen molar-refractivity contribution in [3.8, 4) is 79.2 Å². The van der Waals surface area contributed by atoms with E-state index in [-0.39, 0.29) is 0 Å². The molecule has 6 heterocycles. The molecule has 0 bridgehead atoms. The molecular weight excluding hydrogens is 1030 g/mol. The monoisotopic (exact) mass is 1080 g/mol. The van der Waals surface area contributed by atoms with Crippen LogP contribution in [-0.4, -0.2) is 45.2 Å². The van der Waals surface area contributed by atoms with Crippen molar-refractivity contribution in [2.75, 3.05) is 0 Å². The number of hydrogen-bond acceptors (Lipinski definition) is 4. The molecule has 2 aliphatic rings. The van der Waals surface area contributed by atoms with Crippen molar-refractivity contribution in [1.29, 1.82) is 0 Å². The Balaban J connectivity index is 0.000000145. The van der Waals surface area contributed by atoms with Gasteiger partial charge in [-0.2, -0.15) is 0 Å². The number of rotatable bonds is 8. The fraction of sp³-hybridized carbons (Fsp3) is 0.0270. The molecule has 388 valence electrons. The van der Waals surface area contributed by atoms with Gasteiger partial charge >= 0.3 is 0 Å². The lowest BCUT2D eigenvalue weighted by Crippen LogP contribution is -2.72. The Morgan fingerprint density at radius 1 is 0.280 bits per heavy atom. The van der Waals surface area contributed by atoms with Gasteiger partial charge < -0.3 is 0 Å². The Kier molecular flexibility index (Phi) is 11.9. The topological polar surface area (TPSA) is 61.4 Å². The highest BCUT2D eigenvalue weighted by atomic mass is 28.3. The maximum atomic E-state index is 5.14. The molecular formula is C74H54N6Si2. The minimum atomic E-state index is -2.56. The van der Waals surface area contributed by atoms with Crippen LogP contribution in [0.2, 0.25) is 13.1 Å². The minimum absolute atomic E-state index is 0.663. The maximum absolute atomic E-state index is 5.14. The van der Waals surface area contributed by atoms with Gasteiger partial charge in [0, 0.05) is 40.0 Å². The molecule has 82 heavy (non-hydrogen) atoms. The van der Waals surface area contributed by atoms with Crippen molar-refractivity contribution in [2.45, 2.75) is 13.1 Å². The van der Waals surface area contributed by atoms with E-state index in [9.17, 15) is 0 Å². The second-order valence-electron chi connectivity index (χ2n) is 21.8. The standard InChI is InChI=1S/C42H29N3Si.C32H25N3Si/c1-5-15-30(16-6-1)37-29-38(31-17-7-2-8-18-31)44-42(43-37)45-26-25-32-27-41-36(28-39(32)45)35-23-13-14-24-40(35)46(41,33-19-9-3-10-20-33)34-21-11-4-12-22-34;1-36(2)30-16-10-9-15-25(30)26-20-29-24(19-31(26)36)17-18-35(29)32-33-27(22-11-5-3-6-12-22)21-28(34-32)23-13-7-4-8-14-23/h1-29H;3-21H,1-2H3. The summed E-state index contributed by atoms with van der Waals surface area (Å²) in [4.78, 5) is 20.4. The van der Waals surface area contributed by atoms with Gasteiger partial charge in [0.2, 0.25) is 11.9 Å². The third-order valence-electron chi connectivity index (χ3n) is 16.8. The van der Waals surface area contributed by atoms with Gasteiger partial charge in [-0.25, -0.2) is 19.9 Å². The Morgan fingerprint density at radius 3 is 1.02 bits per heavy atom. The fourth-order valence-corrected chi connectivity index (χ4v) is 21.2. The Hall–Kier alpha value is -10.1. The molecule has 0 aliphatic carbocycles. The third-order valence-corrected chi connectivity index (χ3v) is 25.2. The van der Waals surface area contributed by atoms with Crippen LogP contribution >= 0.6 is 0 Å². The summed E-state index contributed by atoms with van der Waals surface area (Å²) in [6.45, 7) is 4.91. The van der Waals surface area contributed by atoms with Crippen LogP contribution in [0.3, 0.4) is 0 Å². The highest BCUT2D eigenvalue weighted by Gasteiger charge is 2.49. The van der Waals surface area contributed by atoms with Crippen LogP contribution in [0.15, 0.2) is 291 Å². The molecule has 0 saturated carbocycles. The molecule has 2 aliphatic heterocycles. The molecule has 0 atom stereocenters.